The molecule has 62 heavy (non-hydrogen) atoms. The molecule has 0 aliphatic rings. The van der Waals surface area contributed by atoms with Crippen molar-refractivity contribution in [3.8, 4) is 11.4 Å². The van der Waals surface area contributed by atoms with Gasteiger partial charge in [0.15, 0.2) is 0 Å². The zero-order valence-corrected chi connectivity index (χ0v) is 34.9. The van der Waals surface area contributed by atoms with Gasteiger partial charge in [0.05, 0.1) is 39.0 Å². The summed E-state index contributed by atoms with van der Waals surface area (Å²) >= 11 is 0. The summed E-state index contributed by atoms with van der Waals surface area (Å²) in [6.45, 7) is 7.79. The summed E-state index contributed by atoms with van der Waals surface area (Å²) in [4.78, 5) is 3.99. The van der Waals surface area contributed by atoms with E-state index in [1.54, 1.807) is 6.08 Å². The van der Waals surface area contributed by atoms with Gasteiger partial charge in [0, 0.05) is 33.4 Å². The second kappa shape index (κ2) is 18.8. The Morgan fingerprint density at radius 2 is 1.10 bits per heavy atom. The Balaban J connectivity index is 0.000000175. The first-order valence-electron chi connectivity index (χ1n) is 20.6. The number of fused-ring (bicyclic) bond motifs is 5. The molecule has 0 bridgehead atoms. The minimum absolute atomic E-state index is 0.432. The maximum Gasteiger partial charge on any atom is 0.133 e. The molecule has 0 amide bonds. The minimum atomic E-state index is 0.432. The normalized spacial score (nSPS) is 11.0. The van der Waals surface area contributed by atoms with Crippen LogP contribution in [0, 0.1) is 19.3 Å². The number of aromatic nitrogens is 2. The first kappa shape index (κ1) is 40.6. The van der Waals surface area contributed by atoms with E-state index < -0.39 is 0 Å². The molecular formula is C56H48N6. The fraction of sp³-hybridized carbons (Fsp3) is 0.0357. The van der Waals surface area contributed by atoms with E-state index in [1.165, 1.54) is 27.4 Å². The lowest BCUT2D eigenvalue weighted by atomic mass is 10.1. The molecule has 0 spiro atoms. The lowest BCUT2D eigenvalue weighted by Gasteiger charge is -2.11. The second-order valence-electron chi connectivity index (χ2n) is 15.0. The molecule has 0 unspecified atom stereocenters. The van der Waals surface area contributed by atoms with Gasteiger partial charge in [0.2, 0.25) is 0 Å². The summed E-state index contributed by atoms with van der Waals surface area (Å²) in [6.07, 6.45) is 1.73. The van der Waals surface area contributed by atoms with E-state index in [4.69, 9.17) is 11.1 Å². The summed E-state index contributed by atoms with van der Waals surface area (Å²) in [5, 5.41) is 15.2. The van der Waals surface area contributed by atoms with Crippen LogP contribution in [-0.4, -0.2) is 21.6 Å². The second-order valence-corrected chi connectivity index (χ2v) is 15.0. The van der Waals surface area contributed by atoms with Crippen LogP contribution >= 0.6 is 0 Å². The third-order valence-corrected chi connectivity index (χ3v) is 10.7. The molecule has 0 saturated carbocycles. The van der Waals surface area contributed by atoms with Gasteiger partial charge in [-0.3, -0.25) is 9.56 Å². The van der Waals surface area contributed by atoms with E-state index in [1.807, 2.05) is 115 Å². The number of benzene rings is 8. The number of hydrogen-bond acceptors (Lipinski definition) is 4. The Morgan fingerprint density at radius 1 is 0.548 bits per heavy atom. The molecular weight excluding hydrogens is 757 g/mol. The van der Waals surface area contributed by atoms with Gasteiger partial charge in [-0.25, -0.2) is 0 Å². The number of nitrogens with zero attached hydrogens (tertiary/aromatic N) is 3. The molecule has 0 aliphatic carbocycles. The molecule has 10 rings (SSSR count). The van der Waals surface area contributed by atoms with Crippen molar-refractivity contribution in [3.63, 3.8) is 0 Å². The first-order chi connectivity index (χ1) is 30.4. The van der Waals surface area contributed by atoms with E-state index in [2.05, 4.69) is 137 Å². The molecule has 4 N–H and O–H groups in total. The van der Waals surface area contributed by atoms with Crippen LogP contribution in [0.1, 0.15) is 22.3 Å². The van der Waals surface area contributed by atoms with Crippen molar-refractivity contribution < 1.29 is 0 Å². The predicted molar refractivity (Wildman–Crippen MR) is 265 cm³/mol. The zero-order valence-electron chi connectivity index (χ0n) is 34.9. The number of anilines is 3. The lowest BCUT2D eigenvalue weighted by Crippen LogP contribution is -2.01. The molecule has 2 heterocycles. The van der Waals surface area contributed by atoms with Crippen molar-refractivity contribution in [1.82, 2.24) is 9.13 Å². The van der Waals surface area contributed by atoms with E-state index in [0.29, 0.717) is 17.2 Å². The monoisotopic (exact) mass is 804 g/mol. The summed E-state index contributed by atoms with van der Waals surface area (Å²) in [6, 6.07) is 71.9. The van der Waals surface area contributed by atoms with Crippen molar-refractivity contribution in [2.75, 3.05) is 11.1 Å². The Hall–Kier alpha value is -8.22. The molecule has 0 fully saturated rings. The molecule has 6 nitrogen and oxygen atoms in total. The number of aliphatic imine (C=N–C) groups is 1. The van der Waals surface area contributed by atoms with Gasteiger partial charge in [0.25, 0.3) is 0 Å². The van der Waals surface area contributed by atoms with Crippen LogP contribution in [0.2, 0.25) is 0 Å². The van der Waals surface area contributed by atoms with Gasteiger partial charge in [-0.1, -0.05) is 169 Å². The smallest absolute Gasteiger partial charge is 0.133 e. The Kier molecular flexibility index (Phi) is 12.3. The van der Waals surface area contributed by atoms with E-state index in [-0.39, 0.29) is 0 Å². The predicted octanol–water partition coefficient (Wildman–Crippen LogP) is 14.2. The third-order valence-electron chi connectivity index (χ3n) is 10.7. The molecule has 0 saturated heterocycles. The minimum Gasteiger partial charge on any atom is -0.383 e. The average Bonchev–Trinajstić information content (AvgIpc) is 3.81. The maximum atomic E-state index is 8.05. The SMILES string of the molecule is C=N/C(=C\C(=N)c1ccccc1)c1ccccc1.Cc1cccc(-n2c3ccccc3c3ccc4c(c(Nc5ccccc5)c(N)n4-c4ccccc4)c32)c1.Cc1ccccc1. The van der Waals surface area contributed by atoms with Crippen molar-refractivity contribution >= 4 is 68.0 Å². The van der Waals surface area contributed by atoms with Gasteiger partial charge < -0.3 is 21.0 Å². The van der Waals surface area contributed by atoms with Gasteiger partial charge in [-0.15, -0.1) is 0 Å². The van der Waals surface area contributed by atoms with Gasteiger partial charge in [0.1, 0.15) is 5.82 Å². The van der Waals surface area contributed by atoms with Gasteiger partial charge in [-0.2, -0.15) is 0 Å². The van der Waals surface area contributed by atoms with Gasteiger partial charge in [-0.05, 0) is 86.3 Å². The summed E-state index contributed by atoms with van der Waals surface area (Å²) in [5.74, 6) is 0.679. The molecule has 0 radical (unpaired) electrons. The molecule has 302 valence electrons. The highest BCUT2D eigenvalue weighted by molar-refractivity contribution is 6.23. The van der Waals surface area contributed by atoms with Crippen molar-refractivity contribution in [2.24, 2.45) is 4.99 Å². The molecule has 8 aromatic carbocycles. The Morgan fingerprint density at radius 3 is 1.71 bits per heavy atom. The highest BCUT2D eigenvalue weighted by atomic mass is 15.1. The fourth-order valence-corrected chi connectivity index (χ4v) is 7.73. The van der Waals surface area contributed by atoms with Crippen LogP contribution < -0.4 is 11.1 Å². The highest BCUT2D eigenvalue weighted by Crippen LogP contribution is 2.45. The standard InChI is InChI=1S/C33H26N4.C16H14N2.C7H8/c1-22-11-10-16-25(21-22)36-28-18-9-8-17-26(28)27-19-20-29-30(32(27)36)31(35-23-12-4-2-5-13-23)33(34)37(29)24-14-6-3-7-15-24;1-18-16(14-10-6-3-7-11-14)12-15(17)13-8-4-2-5-9-13;1-7-5-3-2-4-6-7/h2-21,35H,34H2,1H3;2-12,17H,1H2;2-6H,1H3/b;16-12-,17-15?;. The lowest BCUT2D eigenvalue weighted by molar-refractivity contribution is 1.14. The number of hydrogen-bond donors (Lipinski definition) is 3. The number of allylic oxidation sites excluding steroid dienone is 1. The largest absolute Gasteiger partial charge is 0.383 e. The highest BCUT2D eigenvalue weighted by Gasteiger charge is 2.23. The Labute approximate surface area is 363 Å². The summed E-state index contributed by atoms with van der Waals surface area (Å²) in [7, 11) is 0. The van der Waals surface area contributed by atoms with E-state index >= 15 is 0 Å². The number of nitrogens with one attached hydrogen (secondary N) is 2. The number of rotatable bonds is 8. The summed E-state index contributed by atoms with van der Waals surface area (Å²) in [5.41, 5.74) is 20.0. The van der Waals surface area contributed by atoms with Crippen LogP contribution in [0.25, 0.3) is 49.8 Å². The third kappa shape index (κ3) is 8.71. The topological polar surface area (TPSA) is 84.1 Å². The fourth-order valence-electron chi connectivity index (χ4n) is 7.73. The summed E-state index contributed by atoms with van der Waals surface area (Å²) < 4.78 is 4.53. The van der Waals surface area contributed by atoms with Crippen molar-refractivity contribution in [2.45, 2.75) is 13.8 Å². The van der Waals surface area contributed by atoms with Crippen molar-refractivity contribution in [3.05, 3.63) is 241 Å². The van der Waals surface area contributed by atoms with Crippen LogP contribution in [-0.2, 0) is 0 Å². The number of aryl methyl sites for hydroxylation is 2. The molecule has 10 aromatic rings. The first-order valence-corrected chi connectivity index (χ1v) is 20.6. The number of para-hydroxylation sites is 3. The molecule has 6 heteroatoms. The van der Waals surface area contributed by atoms with E-state index in [9.17, 15) is 0 Å². The van der Waals surface area contributed by atoms with Gasteiger partial charge >= 0.3 is 0 Å². The average molecular weight is 805 g/mol. The number of nitrogen functional groups attached to an aromatic ring is 1. The van der Waals surface area contributed by atoms with Crippen LogP contribution in [0.15, 0.2) is 223 Å². The van der Waals surface area contributed by atoms with E-state index in [0.717, 1.165) is 50.3 Å². The van der Waals surface area contributed by atoms with Crippen LogP contribution in [0.5, 0.6) is 0 Å². The van der Waals surface area contributed by atoms with Crippen LogP contribution in [0.4, 0.5) is 17.2 Å². The molecule has 2 aromatic heterocycles. The molecule has 0 aliphatic heterocycles. The zero-order chi connectivity index (χ0) is 42.8. The molecule has 0 atom stereocenters. The van der Waals surface area contributed by atoms with Crippen LogP contribution in [0.3, 0.4) is 0 Å². The number of nitrogens with two attached hydrogens (primary N) is 1. The maximum absolute atomic E-state index is 8.05. The quantitative estimate of drug-likeness (QED) is 0.134. The van der Waals surface area contributed by atoms with Crippen molar-refractivity contribution in [1.29, 1.82) is 5.41 Å². The Bertz CT molecular complexity index is 3130.